The molecule has 2 rings (SSSR count). The van der Waals surface area contributed by atoms with Crippen LogP contribution in [0.25, 0.3) is 0 Å². The third-order valence-electron chi connectivity index (χ3n) is 5.15. The van der Waals surface area contributed by atoms with Crippen molar-refractivity contribution in [2.24, 2.45) is 5.73 Å². The van der Waals surface area contributed by atoms with Crippen LogP contribution in [-0.4, -0.2) is 90.8 Å². The Balaban J connectivity index is 2.16. The predicted molar refractivity (Wildman–Crippen MR) is 125 cm³/mol. The number of rotatable bonds is 14. The number of aliphatic hydroxyl groups excluding tert-OH is 1. The zero-order valence-electron chi connectivity index (χ0n) is 19.5. The highest BCUT2D eigenvalue weighted by Crippen LogP contribution is 2.11. The molecule has 4 atom stereocenters. The van der Waals surface area contributed by atoms with E-state index in [0.29, 0.717) is 11.3 Å². The number of aliphatic carboxylic acids is 2. The summed E-state index contributed by atoms with van der Waals surface area (Å²) in [4.78, 5) is 67.2. The highest BCUT2D eigenvalue weighted by atomic mass is 16.4. The fourth-order valence-electron chi connectivity index (χ4n) is 3.20. The third kappa shape index (κ3) is 9.23. The number of imidazole rings is 1. The summed E-state index contributed by atoms with van der Waals surface area (Å²) < 4.78 is 0. The Bertz CT molecular complexity index is 1090. The lowest BCUT2D eigenvalue weighted by Crippen LogP contribution is -2.58. The number of carbonyl (C=O) groups is 5. The number of benzene rings is 1. The Labute approximate surface area is 210 Å². The molecular weight excluding hydrogens is 492 g/mol. The molecule has 0 bridgehead atoms. The number of carbonyl (C=O) groups excluding carboxylic acids is 3. The van der Waals surface area contributed by atoms with Gasteiger partial charge in [0.15, 0.2) is 0 Å². The van der Waals surface area contributed by atoms with E-state index in [-0.39, 0.29) is 18.6 Å². The lowest BCUT2D eigenvalue weighted by atomic mass is 10.0. The Hall–Kier alpha value is -4.50. The first-order valence-corrected chi connectivity index (χ1v) is 11.0. The molecule has 0 fully saturated rings. The molecule has 0 saturated carbocycles. The monoisotopic (exact) mass is 520 g/mol. The molecule has 0 aliphatic rings. The van der Waals surface area contributed by atoms with Gasteiger partial charge in [0.1, 0.15) is 23.9 Å². The molecule has 1 aromatic heterocycles. The second-order valence-corrected chi connectivity index (χ2v) is 8.06. The molecule has 10 N–H and O–H groups in total. The molecule has 0 spiro atoms. The number of amides is 3. The van der Waals surface area contributed by atoms with E-state index in [0.717, 1.165) is 0 Å². The predicted octanol–water partition coefficient (Wildman–Crippen LogP) is -2.77. The summed E-state index contributed by atoms with van der Waals surface area (Å²) in [6.07, 6.45) is 1.78. The summed E-state index contributed by atoms with van der Waals surface area (Å²) in [7, 11) is 0. The fraction of sp³-hybridized carbons (Fsp3) is 0.364. The van der Waals surface area contributed by atoms with E-state index >= 15 is 0 Å². The molecule has 15 heteroatoms. The van der Waals surface area contributed by atoms with Gasteiger partial charge in [-0.25, -0.2) is 9.78 Å². The van der Waals surface area contributed by atoms with Crippen LogP contribution in [0, 0.1) is 0 Å². The number of aromatic nitrogens is 2. The molecule has 1 aromatic carbocycles. The van der Waals surface area contributed by atoms with E-state index in [9.17, 15) is 29.1 Å². The number of aromatic hydroxyl groups is 1. The number of carboxylic acid groups (broad SMARTS) is 2. The number of nitrogens with zero attached hydrogens (tertiary/aromatic N) is 1. The van der Waals surface area contributed by atoms with Crippen molar-refractivity contribution >= 4 is 29.7 Å². The number of nitrogens with one attached hydrogen (secondary N) is 4. The van der Waals surface area contributed by atoms with Crippen molar-refractivity contribution in [2.75, 3.05) is 6.61 Å². The quantitative estimate of drug-likeness (QED) is 0.123. The van der Waals surface area contributed by atoms with Gasteiger partial charge in [-0.1, -0.05) is 12.1 Å². The number of hydrogen-bond acceptors (Lipinski definition) is 9. The maximum absolute atomic E-state index is 13.0. The van der Waals surface area contributed by atoms with Gasteiger partial charge in [0.25, 0.3) is 0 Å². The standard InChI is InChI=1S/C22H28N6O9/c23-14(5-11-1-3-13(30)4-2-11)19(33)26-15(6-12-8-24-10-25-12)20(34)27-16(7-18(31)32)21(35)28-17(9-29)22(36)37/h1-4,8,10,14-17,29-30H,5-7,9,23H2,(H,24,25)(H,26,33)(H,27,34)(H,28,35)(H,31,32)(H,36,37). The van der Waals surface area contributed by atoms with Gasteiger partial charge in [-0.3, -0.25) is 19.2 Å². The number of nitrogens with two attached hydrogens (primary N) is 1. The largest absolute Gasteiger partial charge is 0.508 e. The second kappa shape index (κ2) is 13.6. The average molecular weight is 520 g/mol. The molecule has 0 aliphatic carbocycles. The summed E-state index contributed by atoms with van der Waals surface area (Å²) in [5.41, 5.74) is 7.05. The highest BCUT2D eigenvalue weighted by Gasteiger charge is 2.31. The zero-order valence-corrected chi connectivity index (χ0v) is 19.5. The van der Waals surface area contributed by atoms with Crippen LogP contribution in [0.15, 0.2) is 36.8 Å². The summed E-state index contributed by atoms with van der Waals surface area (Å²) in [5.74, 6) is -5.83. The van der Waals surface area contributed by atoms with Gasteiger partial charge in [-0.2, -0.15) is 0 Å². The van der Waals surface area contributed by atoms with Crippen molar-refractivity contribution in [2.45, 2.75) is 43.4 Å². The maximum atomic E-state index is 13.0. The number of H-pyrrole nitrogens is 1. The molecular formula is C22H28N6O9. The van der Waals surface area contributed by atoms with Crippen LogP contribution < -0.4 is 21.7 Å². The number of hydrogen-bond donors (Lipinski definition) is 9. The van der Waals surface area contributed by atoms with Crippen molar-refractivity contribution in [1.29, 1.82) is 0 Å². The second-order valence-electron chi connectivity index (χ2n) is 8.06. The van der Waals surface area contributed by atoms with Crippen LogP contribution in [0.1, 0.15) is 17.7 Å². The van der Waals surface area contributed by atoms with E-state index < -0.39 is 66.9 Å². The van der Waals surface area contributed by atoms with Crippen LogP contribution >= 0.6 is 0 Å². The number of aliphatic hydroxyl groups is 1. The van der Waals surface area contributed by atoms with Gasteiger partial charge in [0.05, 0.1) is 25.4 Å². The number of carboxylic acids is 2. The molecule has 3 amide bonds. The topological polar surface area (TPSA) is 257 Å². The van der Waals surface area contributed by atoms with Gasteiger partial charge in [0.2, 0.25) is 17.7 Å². The first-order chi connectivity index (χ1) is 17.5. The van der Waals surface area contributed by atoms with Gasteiger partial charge in [-0.05, 0) is 24.1 Å². The van der Waals surface area contributed by atoms with Crippen LogP contribution in [0.4, 0.5) is 0 Å². The smallest absolute Gasteiger partial charge is 0.328 e. The Morgan fingerprint density at radius 2 is 1.49 bits per heavy atom. The number of phenolic OH excluding ortho intramolecular Hbond substituents is 1. The van der Waals surface area contributed by atoms with Crippen LogP contribution in [-0.2, 0) is 36.8 Å². The minimum absolute atomic E-state index is 0.0340. The number of aromatic amines is 1. The lowest BCUT2D eigenvalue weighted by molar-refractivity contribution is -0.144. The minimum Gasteiger partial charge on any atom is -0.508 e. The first-order valence-electron chi connectivity index (χ1n) is 11.0. The Kier molecular flexibility index (Phi) is 10.5. The van der Waals surface area contributed by atoms with Crippen LogP contribution in [0.2, 0.25) is 0 Å². The van der Waals surface area contributed by atoms with Crippen molar-refractivity contribution in [3.8, 4) is 5.75 Å². The molecule has 200 valence electrons. The molecule has 37 heavy (non-hydrogen) atoms. The van der Waals surface area contributed by atoms with Crippen molar-refractivity contribution < 1.29 is 44.4 Å². The first kappa shape index (κ1) is 28.7. The summed E-state index contributed by atoms with van der Waals surface area (Å²) in [5, 5.41) is 43.3. The molecule has 15 nitrogen and oxygen atoms in total. The van der Waals surface area contributed by atoms with E-state index in [1.165, 1.54) is 24.7 Å². The van der Waals surface area contributed by atoms with Crippen molar-refractivity contribution in [1.82, 2.24) is 25.9 Å². The van der Waals surface area contributed by atoms with Gasteiger partial charge in [0, 0.05) is 18.3 Å². The molecule has 2 aromatic rings. The molecule has 0 aliphatic heterocycles. The molecule has 1 heterocycles. The molecule has 0 saturated heterocycles. The Morgan fingerprint density at radius 1 is 0.892 bits per heavy atom. The van der Waals surface area contributed by atoms with Crippen LogP contribution in [0.3, 0.4) is 0 Å². The average Bonchev–Trinajstić information content (AvgIpc) is 3.35. The van der Waals surface area contributed by atoms with E-state index in [2.05, 4.69) is 20.6 Å². The van der Waals surface area contributed by atoms with Gasteiger partial charge >= 0.3 is 11.9 Å². The SMILES string of the molecule is NC(Cc1ccc(O)cc1)C(=O)NC(Cc1cnc[nH]1)C(=O)NC(CC(=O)O)C(=O)NC(CO)C(=O)O. The number of phenols is 1. The van der Waals surface area contributed by atoms with Gasteiger partial charge in [-0.15, -0.1) is 0 Å². The van der Waals surface area contributed by atoms with E-state index in [4.69, 9.17) is 21.1 Å². The van der Waals surface area contributed by atoms with E-state index in [1.807, 2.05) is 5.32 Å². The summed E-state index contributed by atoms with van der Waals surface area (Å²) in [6, 6.07) is 0.134. The Morgan fingerprint density at radius 3 is 2.03 bits per heavy atom. The minimum atomic E-state index is -1.72. The highest BCUT2D eigenvalue weighted by molar-refractivity contribution is 5.95. The third-order valence-corrected chi connectivity index (χ3v) is 5.15. The summed E-state index contributed by atoms with van der Waals surface area (Å²) in [6.45, 7) is -0.966. The fourth-order valence-corrected chi connectivity index (χ4v) is 3.20. The maximum Gasteiger partial charge on any atom is 0.328 e. The van der Waals surface area contributed by atoms with E-state index in [1.54, 1.807) is 12.1 Å². The molecule has 0 radical (unpaired) electrons. The summed E-state index contributed by atoms with van der Waals surface area (Å²) >= 11 is 0. The van der Waals surface area contributed by atoms with Crippen molar-refractivity contribution in [3.05, 3.63) is 48.0 Å². The molecule has 4 unspecified atom stereocenters. The van der Waals surface area contributed by atoms with Crippen LogP contribution in [0.5, 0.6) is 5.75 Å². The zero-order chi connectivity index (χ0) is 27.5. The van der Waals surface area contributed by atoms with Crippen molar-refractivity contribution in [3.63, 3.8) is 0 Å². The van der Waals surface area contributed by atoms with Gasteiger partial charge < -0.3 is 47.1 Å². The lowest BCUT2D eigenvalue weighted by Gasteiger charge is -2.24. The normalized spacial score (nSPS) is 14.0.